The molecule has 2 N–H and O–H groups in total. The van der Waals surface area contributed by atoms with Gasteiger partial charge in [0.25, 0.3) is 0 Å². The lowest BCUT2D eigenvalue weighted by Crippen LogP contribution is -2.54. The van der Waals surface area contributed by atoms with Gasteiger partial charge in [0.05, 0.1) is 17.5 Å². The number of rotatable bonds is 9. The minimum atomic E-state index is -0.534. The zero-order chi connectivity index (χ0) is 29.8. The van der Waals surface area contributed by atoms with Gasteiger partial charge in [0.2, 0.25) is 0 Å². The van der Waals surface area contributed by atoms with Crippen LogP contribution in [0.1, 0.15) is 44.9 Å². The van der Waals surface area contributed by atoms with Gasteiger partial charge in [-0.05, 0) is 77.0 Å². The van der Waals surface area contributed by atoms with Crippen molar-refractivity contribution in [3.8, 4) is 17.3 Å². The van der Waals surface area contributed by atoms with Gasteiger partial charge in [-0.1, -0.05) is 41.9 Å². The van der Waals surface area contributed by atoms with Gasteiger partial charge in [-0.2, -0.15) is 9.97 Å². The molecule has 0 spiro atoms. The Kier molecular flexibility index (Phi) is 7.40. The molecule has 8 nitrogen and oxygen atoms in total. The lowest BCUT2D eigenvalue weighted by atomic mass is 9.75. The van der Waals surface area contributed by atoms with E-state index < -0.39 is 5.82 Å². The molecule has 2 atom stereocenters. The van der Waals surface area contributed by atoms with E-state index in [2.05, 4.69) is 39.2 Å². The maximum Gasteiger partial charge on any atom is 0.319 e. The number of anilines is 1. The summed E-state index contributed by atoms with van der Waals surface area (Å²) in [4.78, 5) is 18.7. The first-order chi connectivity index (χ1) is 20.8. The molecule has 0 amide bonds. The quantitative estimate of drug-likeness (QED) is 0.244. The third-order valence-corrected chi connectivity index (χ3v) is 10.6. The highest BCUT2D eigenvalue weighted by atomic mass is 35.5. The lowest BCUT2D eigenvalue weighted by molar-refractivity contribution is 0.0644. The molecule has 4 heterocycles. The van der Waals surface area contributed by atoms with Crippen molar-refractivity contribution >= 4 is 39.1 Å². The van der Waals surface area contributed by atoms with E-state index in [4.69, 9.17) is 21.3 Å². The van der Waals surface area contributed by atoms with Crippen molar-refractivity contribution < 1.29 is 14.2 Å². The molecule has 0 radical (unpaired) electrons. The third kappa shape index (κ3) is 4.81. The Morgan fingerprint density at radius 3 is 2.67 bits per heavy atom. The van der Waals surface area contributed by atoms with Gasteiger partial charge in [0.15, 0.2) is 5.82 Å². The van der Waals surface area contributed by atoms with Crippen LogP contribution in [0.3, 0.4) is 0 Å². The van der Waals surface area contributed by atoms with E-state index in [1.807, 2.05) is 30.3 Å². The Morgan fingerprint density at radius 1 is 1.12 bits per heavy atom. The second-order valence-corrected chi connectivity index (χ2v) is 13.1. The van der Waals surface area contributed by atoms with Crippen LogP contribution < -0.4 is 10.1 Å². The molecule has 4 aromatic rings. The Labute approximate surface area is 256 Å². The van der Waals surface area contributed by atoms with Gasteiger partial charge in [0, 0.05) is 40.3 Å². The molecule has 226 valence electrons. The van der Waals surface area contributed by atoms with Crippen molar-refractivity contribution in [3.63, 3.8) is 0 Å². The summed E-state index contributed by atoms with van der Waals surface area (Å²) in [6.07, 6.45) is 8.96. The fourth-order valence-corrected chi connectivity index (χ4v) is 7.82. The highest BCUT2D eigenvalue weighted by molar-refractivity contribution is 6.36. The van der Waals surface area contributed by atoms with Crippen molar-refractivity contribution in [1.82, 2.24) is 24.8 Å². The molecule has 2 aromatic carbocycles. The fourth-order valence-electron chi connectivity index (χ4n) is 7.54. The van der Waals surface area contributed by atoms with Crippen molar-refractivity contribution in [2.45, 2.75) is 62.1 Å². The second kappa shape index (κ2) is 11.1. The summed E-state index contributed by atoms with van der Waals surface area (Å²) in [6.45, 7) is 2.16. The number of aromatic nitrogens is 3. The van der Waals surface area contributed by atoms with Crippen LogP contribution in [0.4, 0.5) is 10.2 Å². The third-order valence-electron chi connectivity index (χ3n) is 10.3. The van der Waals surface area contributed by atoms with E-state index in [1.54, 1.807) is 12.3 Å². The zero-order valence-corrected chi connectivity index (χ0v) is 25.5. The summed E-state index contributed by atoms with van der Waals surface area (Å²) in [7, 11) is 4.20. The van der Waals surface area contributed by atoms with Gasteiger partial charge in [-0.3, -0.25) is 9.88 Å². The van der Waals surface area contributed by atoms with Crippen molar-refractivity contribution in [2.75, 3.05) is 45.7 Å². The van der Waals surface area contributed by atoms with Gasteiger partial charge in [-0.15, -0.1) is 0 Å². The predicted molar refractivity (Wildman–Crippen MR) is 168 cm³/mol. The first kappa shape index (κ1) is 28.6. The minimum absolute atomic E-state index is 0.0242. The SMILES string of the molecule is CN(C)C1(CNc2nc(OC[C@]34CCCN3[C@@H](CO)CC4)nc3c(F)c(-c4cccc5cccc(Cl)c45)ncc23)CCC1. The molecule has 1 saturated carbocycles. The lowest BCUT2D eigenvalue weighted by Gasteiger charge is -2.47. The number of hydrogen-bond acceptors (Lipinski definition) is 8. The van der Waals surface area contributed by atoms with E-state index in [0.717, 1.165) is 55.8 Å². The summed E-state index contributed by atoms with van der Waals surface area (Å²) < 4.78 is 22.9. The largest absolute Gasteiger partial charge is 0.461 e. The number of benzene rings is 2. The van der Waals surface area contributed by atoms with Crippen LogP contribution in [0.5, 0.6) is 6.01 Å². The Bertz CT molecular complexity index is 1680. The van der Waals surface area contributed by atoms with Crippen LogP contribution in [0.2, 0.25) is 5.02 Å². The predicted octanol–water partition coefficient (Wildman–Crippen LogP) is 5.90. The molecule has 2 saturated heterocycles. The van der Waals surface area contributed by atoms with Gasteiger partial charge in [-0.25, -0.2) is 4.39 Å². The monoisotopic (exact) mass is 604 g/mol. The zero-order valence-electron chi connectivity index (χ0n) is 24.7. The van der Waals surface area contributed by atoms with E-state index in [9.17, 15) is 5.11 Å². The average molecular weight is 605 g/mol. The average Bonchev–Trinajstić information content (AvgIpc) is 3.55. The normalized spacial score (nSPS) is 23.2. The van der Waals surface area contributed by atoms with E-state index in [-0.39, 0.29) is 40.9 Å². The number of aliphatic hydroxyl groups excluding tert-OH is 1. The number of hydrogen-bond donors (Lipinski definition) is 2. The summed E-state index contributed by atoms with van der Waals surface area (Å²) in [6, 6.07) is 11.6. The first-order valence-electron chi connectivity index (χ1n) is 15.3. The fraction of sp³-hybridized carbons (Fsp3) is 0.485. The maximum atomic E-state index is 16.6. The molecule has 0 bridgehead atoms. The Morgan fingerprint density at radius 2 is 1.93 bits per heavy atom. The second-order valence-electron chi connectivity index (χ2n) is 12.7. The van der Waals surface area contributed by atoms with Gasteiger partial charge >= 0.3 is 6.01 Å². The molecule has 0 unspecified atom stereocenters. The molecule has 3 fully saturated rings. The summed E-state index contributed by atoms with van der Waals surface area (Å²) in [5, 5.41) is 16.1. The number of likely N-dealkylation sites (N-methyl/N-ethyl adjacent to an activating group) is 1. The van der Waals surface area contributed by atoms with E-state index in [0.29, 0.717) is 34.9 Å². The van der Waals surface area contributed by atoms with Crippen LogP contribution in [0.15, 0.2) is 42.6 Å². The number of fused-ring (bicyclic) bond motifs is 3. The van der Waals surface area contributed by atoms with Crippen molar-refractivity contribution in [1.29, 1.82) is 0 Å². The topological polar surface area (TPSA) is 86.6 Å². The first-order valence-corrected chi connectivity index (χ1v) is 15.7. The summed E-state index contributed by atoms with van der Waals surface area (Å²) >= 11 is 6.60. The van der Waals surface area contributed by atoms with Crippen LogP contribution in [-0.2, 0) is 0 Å². The molecular formula is C33H38ClFN6O2. The standard InChI is InChI=1S/C33H38ClFN6O2/c1-40(2)32(12-5-13-32)19-37-30-24-17-36-28(23-9-3-7-21-8-4-10-25(34)26(21)23)27(35)29(24)38-31(39-30)43-20-33-14-6-16-41(33)22(18-42)11-15-33/h3-4,7-10,17,22,42H,5-6,11-16,18-20H2,1-2H3,(H,37,38,39)/t22-,33-/m1/s1. The van der Waals surface area contributed by atoms with Crippen LogP contribution >= 0.6 is 11.6 Å². The Hall–Kier alpha value is -3.11. The van der Waals surface area contributed by atoms with Crippen LogP contribution in [0.25, 0.3) is 32.9 Å². The molecule has 1 aliphatic carbocycles. The molecule has 7 rings (SSSR count). The molecule has 2 aromatic heterocycles. The Balaban J connectivity index is 1.29. The van der Waals surface area contributed by atoms with Crippen LogP contribution in [0, 0.1) is 5.82 Å². The number of aliphatic hydroxyl groups is 1. The van der Waals surface area contributed by atoms with Crippen LogP contribution in [-0.4, -0.2) is 87.4 Å². The van der Waals surface area contributed by atoms with Crippen molar-refractivity contribution in [2.24, 2.45) is 0 Å². The van der Waals surface area contributed by atoms with E-state index in [1.165, 1.54) is 6.42 Å². The number of nitrogens with zero attached hydrogens (tertiary/aromatic N) is 5. The van der Waals surface area contributed by atoms with Gasteiger partial charge in [0.1, 0.15) is 23.6 Å². The van der Waals surface area contributed by atoms with Crippen molar-refractivity contribution in [3.05, 3.63) is 53.4 Å². The number of ether oxygens (including phenoxy) is 1. The minimum Gasteiger partial charge on any atom is -0.461 e. The maximum absolute atomic E-state index is 16.6. The molecular weight excluding hydrogens is 567 g/mol. The highest BCUT2D eigenvalue weighted by Crippen LogP contribution is 2.43. The highest BCUT2D eigenvalue weighted by Gasteiger charge is 2.49. The molecule has 3 aliphatic rings. The van der Waals surface area contributed by atoms with Gasteiger partial charge < -0.3 is 20.1 Å². The molecule has 10 heteroatoms. The van der Waals surface area contributed by atoms with E-state index >= 15 is 4.39 Å². The summed E-state index contributed by atoms with van der Waals surface area (Å²) in [5.41, 5.74) is 0.834. The summed E-state index contributed by atoms with van der Waals surface area (Å²) in [5.74, 6) is -0.0180. The number of nitrogens with one attached hydrogen (secondary N) is 1. The number of pyridine rings is 1. The molecule has 43 heavy (non-hydrogen) atoms. The number of halogens is 2. The smallest absolute Gasteiger partial charge is 0.319 e. The molecule has 2 aliphatic heterocycles.